The second-order valence-electron chi connectivity index (χ2n) is 4.69. The minimum absolute atomic E-state index is 0.0332. The Labute approximate surface area is 145 Å². The number of halogens is 2. The number of nitrogens with zero attached hydrogens (tertiary/aromatic N) is 1. The van der Waals surface area contributed by atoms with E-state index in [0.717, 1.165) is 23.5 Å². The van der Waals surface area contributed by atoms with Crippen LogP contribution in [0.1, 0.15) is 0 Å². The lowest BCUT2D eigenvalue weighted by Gasteiger charge is -2.07. The third-order valence-corrected chi connectivity index (χ3v) is 6.11. The Balaban J connectivity index is 1.90. The molecular formula is C14H9ClFN3O3S2. The van der Waals surface area contributed by atoms with Gasteiger partial charge in [-0.25, -0.2) is 17.9 Å². The minimum atomic E-state index is -3.88. The van der Waals surface area contributed by atoms with Gasteiger partial charge in [-0.15, -0.1) is 11.3 Å². The summed E-state index contributed by atoms with van der Waals surface area (Å²) in [6, 6.07) is 7.57. The van der Waals surface area contributed by atoms with Gasteiger partial charge in [-0.1, -0.05) is 11.6 Å². The lowest BCUT2D eigenvalue weighted by atomic mass is 10.2. The highest BCUT2D eigenvalue weighted by Crippen LogP contribution is 2.30. The van der Waals surface area contributed by atoms with Crippen molar-refractivity contribution in [3.63, 3.8) is 0 Å². The molecule has 2 heterocycles. The van der Waals surface area contributed by atoms with Crippen molar-refractivity contribution in [2.75, 3.05) is 4.72 Å². The van der Waals surface area contributed by atoms with Crippen molar-refractivity contribution in [2.24, 2.45) is 0 Å². The standard InChI is InChI=1S/C14H9ClFN3O3S2/c15-10-6-9(16)1-2-12(10)19-24(21,22)14-5-8(7-23-14)11-3-4-13(20)18-17-11/h1-7,19H,(H,18,20). The van der Waals surface area contributed by atoms with Gasteiger partial charge in [0.05, 0.1) is 16.4 Å². The fourth-order valence-corrected chi connectivity index (χ4v) is 4.39. The van der Waals surface area contributed by atoms with E-state index >= 15 is 0 Å². The third-order valence-electron chi connectivity index (χ3n) is 2.99. The smallest absolute Gasteiger partial charge is 0.271 e. The fourth-order valence-electron chi connectivity index (χ4n) is 1.86. The molecule has 2 N–H and O–H groups in total. The van der Waals surface area contributed by atoms with E-state index in [0.29, 0.717) is 11.3 Å². The second kappa shape index (κ2) is 6.34. The van der Waals surface area contributed by atoms with Gasteiger partial charge in [0.25, 0.3) is 15.6 Å². The van der Waals surface area contributed by atoms with Crippen LogP contribution in [0.2, 0.25) is 5.02 Å². The van der Waals surface area contributed by atoms with Crippen LogP contribution >= 0.6 is 22.9 Å². The maximum Gasteiger partial charge on any atom is 0.271 e. The van der Waals surface area contributed by atoms with E-state index in [1.54, 1.807) is 5.38 Å². The molecule has 0 spiro atoms. The minimum Gasteiger partial charge on any atom is -0.277 e. The fraction of sp³-hybridized carbons (Fsp3) is 0. The van der Waals surface area contributed by atoms with E-state index < -0.39 is 15.8 Å². The molecule has 6 nitrogen and oxygen atoms in total. The lowest BCUT2D eigenvalue weighted by Crippen LogP contribution is -2.11. The predicted octanol–water partition coefficient (Wildman–Crippen LogP) is 3.09. The predicted molar refractivity (Wildman–Crippen MR) is 90.4 cm³/mol. The summed E-state index contributed by atoms with van der Waals surface area (Å²) in [6.07, 6.45) is 0. The highest BCUT2D eigenvalue weighted by molar-refractivity contribution is 7.94. The van der Waals surface area contributed by atoms with Crippen molar-refractivity contribution in [1.82, 2.24) is 10.2 Å². The van der Waals surface area contributed by atoms with Gasteiger partial charge in [-0.2, -0.15) is 5.10 Å². The van der Waals surface area contributed by atoms with Crippen LogP contribution in [0.5, 0.6) is 0 Å². The number of aromatic nitrogens is 2. The van der Waals surface area contributed by atoms with Crippen LogP contribution in [0.25, 0.3) is 11.3 Å². The number of anilines is 1. The van der Waals surface area contributed by atoms with Crippen LogP contribution in [0, 0.1) is 5.82 Å². The molecule has 0 aliphatic heterocycles. The van der Waals surface area contributed by atoms with Gasteiger partial charge < -0.3 is 0 Å². The third kappa shape index (κ3) is 3.48. The van der Waals surface area contributed by atoms with Crippen molar-refractivity contribution in [1.29, 1.82) is 0 Å². The zero-order valence-corrected chi connectivity index (χ0v) is 14.2. The van der Waals surface area contributed by atoms with Crippen LogP contribution in [0.4, 0.5) is 10.1 Å². The molecule has 0 atom stereocenters. The number of nitrogens with one attached hydrogen (secondary N) is 2. The number of rotatable bonds is 4. The van der Waals surface area contributed by atoms with Crippen LogP contribution in [0.15, 0.2) is 50.8 Å². The first-order valence-corrected chi connectivity index (χ1v) is 9.22. The molecule has 0 bridgehead atoms. The van der Waals surface area contributed by atoms with Gasteiger partial charge in [0.2, 0.25) is 0 Å². The lowest BCUT2D eigenvalue weighted by molar-refractivity contribution is 0.603. The molecule has 0 fully saturated rings. The zero-order chi connectivity index (χ0) is 17.3. The second-order valence-corrected chi connectivity index (χ2v) is 7.92. The Morgan fingerprint density at radius 3 is 2.67 bits per heavy atom. The van der Waals surface area contributed by atoms with E-state index in [1.165, 1.54) is 24.3 Å². The number of thiophene rings is 1. The SMILES string of the molecule is O=c1ccc(-c2csc(S(=O)(=O)Nc3ccc(F)cc3Cl)c2)n[nH]1. The summed E-state index contributed by atoms with van der Waals surface area (Å²) in [4.78, 5) is 11.0. The molecule has 124 valence electrons. The van der Waals surface area contributed by atoms with Crippen molar-refractivity contribution in [3.8, 4) is 11.3 Å². The monoisotopic (exact) mass is 385 g/mol. The summed E-state index contributed by atoms with van der Waals surface area (Å²) in [5.74, 6) is -0.564. The molecule has 0 saturated carbocycles. The molecule has 24 heavy (non-hydrogen) atoms. The number of hydrogen-bond acceptors (Lipinski definition) is 5. The highest BCUT2D eigenvalue weighted by atomic mass is 35.5. The molecule has 1 aromatic carbocycles. The maximum atomic E-state index is 13.0. The Morgan fingerprint density at radius 1 is 1.21 bits per heavy atom. The van der Waals surface area contributed by atoms with Gasteiger partial charge in [0.1, 0.15) is 10.0 Å². The van der Waals surface area contributed by atoms with Gasteiger partial charge in [-0.05, 0) is 30.3 Å². The van der Waals surface area contributed by atoms with Gasteiger partial charge in [0, 0.05) is 17.0 Å². The topological polar surface area (TPSA) is 91.9 Å². The summed E-state index contributed by atoms with van der Waals surface area (Å²) in [6.45, 7) is 0. The van der Waals surface area contributed by atoms with Gasteiger partial charge >= 0.3 is 0 Å². The Bertz CT molecular complexity index is 1040. The Kier molecular flexibility index (Phi) is 4.39. The molecule has 10 heteroatoms. The molecule has 2 aromatic heterocycles. The van der Waals surface area contributed by atoms with Crippen LogP contribution in [-0.4, -0.2) is 18.6 Å². The highest BCUT2D eigenvalue weighted by Gasteiger charge is 2.19. The Hall–Kier alpha value is -2.23. The van der Waals surface area contributed by atoms with E-state index in [1.807, 2.05) is 0 Å². The number of H-pyrrole nitrogens is 1. The number of sulfonamides is 1. The molecule has 3 aromatic rings. The first kappa shape index (κ1) is 16.6. The molecular weight excluding hydrogens is 377 g/mol. The summed E-state index contributed by atoms with van der Waals surface area (Å²) in [5, 5.41) is 7.68. The average molecular weight is 386 g/mol. The Morgan fingerprint density at radius 2 is 2.00 bits per heavy atom. The van der Waals surface area contributed by atoms with Crippen LogP contribution in [-0.2, 0) is 10.0 Å². The quantitative estimate of drug-likeness (QED) is 0.721. The zero-order valence-electron chi connectivity index (χ0n) is 11.8. The van der Waals surface area contributed by atoms with E-state index in [9.17, 15) is 17.6 Å². The van der Waals surface area contributed by atoms with Crippen LogP contribution in [0.3, 0.4) is 0 Å². The summed E-state index contributed by atoms with van der Waals surface area (Å²) < 4.78 is 40.2. The van der Waals surface area contributed by atoms with Crippen molar-refractivity contribution < 1.29 is 12.8 Å². The largest absolute Gasteiger partial charge is 0.277 e. The summed E-state index contributed by atoms with van der Waals surface area (Å²) in [7, 11) is -3.88. The molecule has 0 radical (unpaired) electrons. The summed E-state index contributed by atoms with van der Waals surface area (Å²) in [5.41, 5.74) is 0.707. The molecule has 0 amide bonds. The first-order chi connectivity index (χ1) is 11.3. The van der Waals surface area contributed by atoms with Gasteiger partial charge in [0.15, 0.2) is 0 Å². The van der Waals surface area contributed by atoms with E-state index in [-0.39, 0.29) is 20.5 Å². The number of hydrogen-bond donors (Lipinski definition) is 2. The van der Waals surface area contributed by atoms with Crippen molar-refractivity contribution >= 4 is 38.6 Å². The van der Waals surface area contributed by atoms with Crippen molar-refractivity contribution in [3.05, 3.63) is 63.0 Å². The molecule has 0 unspecified atom stereocenters. The first-order valence-electron chi connectivity index (χ1n) is 6.48. The molecule has 0 aliphatic carbocycles. The van der Waals surface area contributed by atoms with Crippen molar-refractivity contribution in [2.45, 2.75) is 4.21 Å². The van der Waals surface area contributed by atoms with Gasteiger partial charge in [-0.3, -0.25) is 9.52 Å². The van der Waals surface area contributed by atoms with E-state index in [2.05, 4.69) is 14.9 Å². The molecule has 0 saturated heterocycles. The molecule has 0 aliphatic rings. The average Bonchev–Trinajstić information content (AvgIpc) is 3.02. The van der Waals surface area contributed by atoms with E-state index in [4.69, 9.17) is 11.6 Å². The molecule has 3 rings (SSSR count). The maximum absolute atomic E-state index is 13.0. The number of aromatic amines is 1. The van der Waals surface area contributed by atoms with Crippen LogP contribution < -0.4 is 10.3 Å². The number of benzene rings is 1. The summed E-state index contributed by atoms with van der Waals surface area (Å²) >= 11 is 6.82. The normalized spacial score (nSPS) is 11.4.